The molecule has 3 amide bonds. The lowest BCUT2D eigenvalue weighted by atomic mass is 9.71. The van der Waals surface area contributed by atoms with Gasteiger partial charge in [-0.2, -0.15) is 0 Å². The molecule has 3 heterocycles. The van der Waals surface area contributed by atoms with Crippen LogP contribution in [0.3, 0.4) is 0 Å². The lowest BCUT2D eigenvalue weighted by Crippen LogP contribution is -2.65. The number of benzene rings is 1. The van der Waals surface area contributed by atoms with Crippen LogP contribution in [0.4, 0.5) is 16.2 Å². The molecule has 0 atom stereocenters. The molecule has 6 heteroatoms. The van der Waals surface area contributed by atoms with Crippen molar-refractivity contribution in [2.45, 2.75) is 19.8 Å². The Kier molecular flexibility index (Phi) is 4.11. The number of hydrogen-bond acceptors (Lipinski definition) is 3. The minimum atomic E-state index is -0.310. The number of aromatic nitrogens is 1. The molecule has 2 fully saturated rings. The minimum Gasteiger partial charge on any atom is -0.324 e. The van der Waals surface area contributed by atoms with Crippen molar-refractivity contribution in [3.63, 3.8) is 0 Å². The average Bonchev–Trinajstić information content (AvgIpc) is 2.67. The van der Waals surface area contributed by atoms with Gasteiger partial charge in [-0.1, -0.05) is 12.1 Å². The Balaban J connectivity index is 1.34. The fraction of sp³-hybridized carbons (Fsp3) is 0.350. The van der Waals surface area contributed by atoms with Gasteiger partial charge in [0, 0.05) is 31.5 Å². The van der Waals surface area contributed by atoms with Crippen LogP contribution in [0.15, 0.2) is 48.8 Å². The van der Waals surface area contributed by atoms with E-state index >= 15 is 0 Å². The highest BCUT2D eigenvalue weighted by Crippen LogP contribution is 2.43. The van der Waals surface area contributed by atoms with E-state index in [1.54, 1.807) is 22.2 Å². The van der Waals surface area contributed by atoms with Gasteiger partial charge in [-0.3, -0.25) is 9.78 Å². The molecule has 1 aromatic heterocycles. The third-order valence-electron chi connectivity index (χ3n) is 5.39. The number of hydrogen-bond donors (Lipinski definition) is 1. The van der Waals surface area contributed by atoms with Gasteiger partial charge in [0.2, 0.25) is 5.91 Å². The largest absolute Gasteiger partial charge is 0.324 e. The number of aryl methyl sites for hydroxylation is 1. The molecule has 26 heavy (non-hydrogen) atoms. The summed E-state index contributed by atoms with van der Waals surface area (Å²) in [5.74, 6) is 0.157. The number of amides is 3. The molecule has 0 radical (unpaired) electrons. The predicted octanol–water partition coefficient (Wildman–Crippen LogP) is 3.05. The third kappa shape index (κ3) is 2.92. The molecule has 134 valence electrons. The fourth-order valence-corrected chi connectivity index (χ4v) is 3.79. The number of pyridine rings is 1. The second-order valence-electron chi connectivity index (χ2n) is 7.17. The Morgan fingerprint density at radius 3 is 2.65 bits per heavy atom. The van der Waals surface area contributed by atoms with E-state index in [9.17, 15) is 9.59 Å². The van der Waals surface area contributed by atoms with E-state index in [1.807, 2.05) is 43.3 Å². The van der Waals surface area contributed by atoms with Crippen molar-refractivity contribution in [2.24, 2.45) is 5.41 Å². The van der Waals surface area contributed by atoms with Crippen molar-refractivity contribution in [3.05, 3.63) is 54.4 Å². The first-order valence-electron chi connectivity index (χ1n) is 8.92. The summed E-state index contributed by atoms with van der Waals surface area (Å²) in [7, 11) is 0. The van der Waals surface area contributed by atoms with E-state index < -0.39 is 0 Å². The average molecular weight is 350 g/mol. The summed E-state index contributed by atoms with van der Waals surface area (Å²) in [6.45, 7) is 3.91. The number of nitrogens with one attached hydrogen (secondary N) is 1. The van der Waals surface area contributed by atoms with Crippen molar-refractivity contribution in [3.8, 4) is 0 Å². The van der Waals surface area contributed by atoms with Gasteiger partial charge >= 0.3 is 6.03 Å². The van der Waals surface area contributed by atoms with Gasteiger partial charge in [-0.05, 0) is 49.6 Å². The number of rotatable bonds is 2. The van der Waals surface area contributed by atoms with E-state index in [1.165, 1.54) is 0 Å². The van der Waals surface area contributed by atoms with Crippen molar-refractivity contribution in [1.82, 2.24) is 9.88 Å². The van der Waals surface area contributed by atoms with Crippen LogP contribution in [0.1, 0.15) is 18.4 Å². The van der Waals surface area contributed by atoms with Gasteiger partial charge in [0.1, 0.15) is 0 Å². The van der Waals surface area contributed by atoms with Crippen molar-refractivity contribution in [1.29, 1.82) is 0 Å². The summed E-state index contributed by atoms with van der Waals surface area (Å²) in [5, 5.41) is 2.95. The highest BCUT2D eigenvalue weighted by molar-refractivity contribution is 6.04. The number of carbonyl (C=O) groups excluding carboxylic acids is 2. The number of carbonyl (C=O) groups is 2. The Bertz CT molecular complexity index is 829. The maximum Gasteiger partial charge on any atom is 0.321 e. The van der Waals surface area contributed by atoms with Crippen molar-refractivity contribution < 1.29 is 9.59 Å². The van der Waals surface area contributed by atoms with E-state index in [4.69, 9.17) is 0 Å². The van der Waals surface area contributed by atoms with Gasteiger partial charge in [-0.15, -0.1) is 0 Å². The summed E-state index contributed by atoms with van der Waals surface area (Å²) in [4.78, 5) is 32.9. The number of β-lactam (4-membered cyclic amide) rings is 1. The normalized spacial score (nSPS) is 18.6. The van der Waals surface area contributed by atoms with Crippen LogP contribution in [0.25, 0.3) is 0 Å². The molecule has 2 aliphatic heterocycles. The summed E-state index contributed by atoms with van der Waals surface area (Å²) >= 11 is 0. The maximum atomic E-state index is 12.7. The Morgan fingerprint density at radius 1 is 1.19 bits per heavy atom. The topological polar surface area (TPSA) is 65.5 Å². The monoisotopic (exact) mass is 350 g/mol. The summed E-state index contributed by atoms with van der Waals surface area (Å²) in [5.41, 5.74) is 2.45. The van der Waals surface area contributed by atoms with Gasteiger partial charge in [-0.25, -0.2) is 4.79 Å². The standard InChI is InChI=1S/C20H22N4O2/c1-15-4-2-5-16(12-15)22-19(26)23-10-7-20(8-11-23)14-24(18(20)25)17-6-3-9-21-13-17/h2-6,9,12-13H,7-8,10-11,14H2,1H3,(H,22,26). The fourth-order valence-electron chi connectivity index (χ4n) is 3.79. The molecule has 4 rings (SSSR count). The summed E-state index contributed by atoms with van der Waals surface area (Å²) < 4.78 is 0. The van der Waals surface area contributed by atoms with Gasteiger partial charge in [0.05, 0.1) is 17.3 Å². The highest BCUT2D eigenvalue weighted by Gasteiger charge is 2.53. The first kappa shape index (κ1) is 16.6. The molecule has 0 aliphatic carbocycles. The molecule has 2 aliphatic rings. The Labute approximate surface area is 152 Å². The molecule has 2 saturated heterocycles. The molecule has 0 bridgehead atoms. The lowest BCUT2D eigenvalue weighted by Gasteiger charge is -2.52. The van der Waals surface area contributed by atoms with E-state index in [-0.39, 0.29) is 17.4 Å². The first-order chi connectivity index (χ1) is 12.6. The van der Waals surface area contributed by atoms with Gasteiger partial charge < -0.3 is 15.1 Å². The molecule has 1 aromatic carbocycles. The zero-order valence-electron chi connectivity index (χ0n) is 14.8. The lowest BCUT2D eigenvalue weighted by molar-refractivity contribution is -0.138. The van der Waals surface area contributed by atoms with E-state index in [0.29, 0.717) is 32.5 Å². The molecule has 1 N–H and O–H groups in total. The zero-order chi connectivity index (χ0) is 18.1. The first-order valence-corrected chi connectivity index (χ1v) is 8.92. The van der Waals surface area contributed by atoms with E-state index in [0.717, 1.165) is 16.9 Å². The SMILES string of the molecule is Cc1cccc(NC(=O)N2CCC3(CC2)CN(c2cccnc2)C3=O)c1. The molecule has 1 spiro atoms. The molecular weight excluding hydrogens is 328 g/mol. The molecular formula is C20H22N4O2. The van der Waals surface area contributed by atoms with Crippen LogP contribution < -0.4 is 10.2 Å². The van der Waals surface area contributed by atoms with Gasteiger partial charge in [0.15, 0.2) is 0 Å². The predicted molar refractivity (Wildman–Crippen MR) is 100 cm³/mol. The smallest absolute Gasteiger partial charge is 0.321 e. The highest BCUT2D eigenvalue weighted by atomic mass is 16.2. The van der Waals surface area contributed by atoms with Gasteiger partial charge in [0.25, 0.3) is 0 Å². The second kappa shape index (κ2) is 6.44. The maximum absolute atomic E-state index is 12.7. The quantitative estimate of drug-likeness (QED) is 0.847. The van der Waals surface area contributed by atoms with Crippen LogP contribution in [0, 0.1) is 12.3 Å². The summed E-state index contributed by atoms with van der Waals surface area (Å²) in [6, 6.07) is 11.4. The van der Waals surface area contributed by atoms with Crippen LogP contribution in [0.5, 0.6) is 0 Å². The van der Waals surface area contributed by atoms with Crippen LogP contribution >= 0.6 is 0 Å². The van der Waals surface area contributed by atoms with Crippen LogP contribution in [0.2, 0.25) is 0 Å². The second-order valence-corrected chi connectivity index (χ2v) is 7.17. The molecule has 0 unspecified atom stereocenters. The number of piperidine rings is 1. The molecule has 0 saturated carbocycles. The molecule has 6 nitrogen and oxygen atoms in total. The van der Waals surface area contributed by atoms with Crippen LogP contribution in [-0.4, -0.2) is 41.5 Å². The van der Waals surface area contributed by atoms with E-state index in [2.05, 4.69) is 10.3 Å². The van der Waals surface area contributed by atoms with Crippen LogP contribution in [-0.2, 0) is 4.79 Å². The van der Waals surface area contributed by atoms with Crippen molar-refractivity contribution >= 4 is 23.3 Å². The Hall–Kier alpha value is -2.89. The number of likely N-dealkylation sites (tertiary alicyclic amines) is 1. The Morgan fingerprint density at radius 2 is 2.00 bits per heavy atom. The number of nitrogens with zero attached hydrogens (tertiary/aromatic N) is 3. The minimum absolute atomic E-state index is 0.0960. The number of anilines is 2. The molecule has 2 aromatic rings. The summed E-state index contributed by atoms with van der Waals surface area (Å²) in [6.07, 6.45) is 4.84. The number of urea groups is 1. The van der Waals surface area contributed by atoms with Crippen molar-refractivity contribution in [2.75, 3.05) is 29.9 Å². The zero-order valence-corrected chi connectivity index (χ0v) is 14.8. The third-order valence-corrected chi connectivity index (χ3v) is 5.39.